The van der Waals surface area contributed by atoms with Crippen molar-refractivity contribution in [1.29, 1.82) is 0 Å². The van der Waals surface area contributed by atoms with Crippen molar-refractivity contribution in [2.24, 2.45) is 0 Å². The Morgan fingerprint density at radius 2 is 0.670 bits per heavy atom. The fourth-order valence-corrected chi connectivity index (χ4v) is 16.0. The number of anilines is 6. The molecule has 2 aliphatic rings. The molecule has 0 aliphatic heterocycles. The molecule has 0 bridgehead atoms. The van der Waals surface area contributed by atoms with Gasteiger partial charge in [-0.3, -0.25) is 0 Å². The van der Waals surface area contributed by atoms with E-state index in [-0.39, 0.29) is 0 Å². The Hall–Kier alpha value is -9.12. The summed E-state index contributed by atoms with van der Waals surface area (Å²) in [6, 6.07) is 78.4. The quantitative estimate of drug-likeness (QED) is 0.114. The molecule has 0 saturated heterocycles. The fraction of sp³-hybridized carbons (Fsp3) is 0.238. The summed E-state index contributed by atoms with van der Waals surface area (Å²) in [5.74, 6) is 1.56. The van der Waals surface area contributed by atoms with Crippen LogP contribution in [0, 0.1) is 13.8 Å². The van der Waals surface area contributed by atoms with Crippen molar-refractivity contribution in [2.75, 3.05) is 9.80 Å². The number of para-hydroxylation sites is 4. The summed E-state index contributed by atoms with van der Waals surface area (Å²) in [6.45, 7) is 13.5. The van der Waals surface area contributed by atoms with E-state index in [1.165, 1.54) is 152 Å². The van der Waals surface area contributed by atoms with E-state index in [1.807, 2.05) is 0 Å². The first-order chi connectivity index (χ1) is 43.2. The number of benzene rings is 12. The molecule has 0 spiro atoms. The molecule has 0 radical (unpaired) electrons. The lowest BCUT2D eigenvalue weighted by Gasteiger charge is -2.33. The molecule has 12 aromatic carbocycles. The summed E-state index contributed by atoms with van der Waals surface area (Å²) in [4.78, 5) is 5.11. The van der Waals surface area contributed by atoms with Gasteiger partial charge in [0.25, 0.3) is 0 Å². The smallest absolute Gasteiger partial charge is 0.159 e. The number of hydrogen-bond acceptors (Lipinski definition) is 4. The van der Waals surface area contributed by atoms with Crippen molar-refractivity contribution in [3.8, 4) is 22.3 Å². The van der Waals surface area contributed by atoms with E-state index in [4.69, 9.17) is 8.83 Å². The normalized spacial score (nSPS) is 14.6. The van der Waals surface area contributed by atoms with Crippen molar-refractivity contribution in [3.63, 3.8) is 0 Å². The van der Waals surface area contributed by atoms with Crippen molar-refractivity contribution in [3.05, 3.63) is 240 Å². The molecule has 2 aliphatic carbocycles. The fourth-order valence-electron chi connectivity index (χ4n) is 16.0. The molecule has 4 nitrogen and oxygen atoms in total. The zero-order valence-corrected chi connectivity index (χ0v) is 51.7. The van der Waals surface area contributed by atoms with Gasteiger partial charge in [0, 0.05) is 54.8 Å². The molecule has 2 aromatic heterocycles. The number of nitrogens with zero attached hydrogens (tertiary/aromatic N) is 2. The first-order valence-corrected chi connectivity index (χ1v) is 32.8. The van der Waals surface area contributed by atoms with Crippen LogP contribution in [0.3, 0.4) is 0 Å². The molecule has 434 valence electrons. The Kier molecular flexibility index (Phi) is 13.5. The summed E-state index contributed by atoms with van der Waals surface area (Å²) >= 11 is 0. The van der Waals surface area contributed by atoms with Crippen molar-refractivity contribution in [2.45, 2.75) is 129 Å². The highest BCUT2D eigenvalue weighted by atomic mass is 16.3. The van der Waals surface area contributed by atoms with E-state index in [0.717, 1.165) is 77.8 Å². The maximum atomic E-state index is 7.48. The number of furan rings is 2. The number of rotatable bonds is 12. The minimum absolute atomic E-state index is 0.356. The van der Waals surface area contributed by atoms with Gasteiger partial charge < -0.3 is 18.6 Å². The van der Waals surface area contributed by atoms with Gasteiger partial charge in [0.15, 0.2) is 11.2 Å². The van der Waals surface area contributed by atoms with Gasteiger partial charge in [0.1, 0.15) is 11.2 Å². The number of hydrogen-bond donors (Lipinski definition) is 0. The lowest BCUT2D eigenvalue weighted by Crippen LogP contribution is -2.14. The Labute approximate surface area is 517 Å². The van der Waals surface area contributed by atoms with Gasteiger partial charge in [-0.05, 0) is 167 Å². The maximum absolute atomic E-state index is 7.48. The second kappa shape index (κ2) is 21.9. The van der Waals surface area contributed by atoms with Gasteiger partial charge in [-0.15, -0.1) is 0 Å². The van der Waals surface area contributed by atoms with Crippen LogP contribution in [0.1, 0.15) is 149 Å². The van der Waals surface area contributed by atoms with E-state index in [9.17, 15) is 0 Å². The monoisotopic (exact) mass is 1140 g/mol. The SMILES string of the molecule is Cc1ccc(N(c2cc(C3CCCCC3)c3ccc4c(N(c5ccc(C)cc5)c5cccc6c5oc5c(-c7ccccc7C(C)C)cccc56)cc(C5CCCCC5)c5ccc2c3c54)c2cccc3c2oc2c(-c4ccccc4C(C)C)cccc23)cc1. The predicted octanol–water partition coefficient (Wildman–Crippen LogP) is 25.6. The van der Waals surface area contributed by atoms with Crippen LogP contribution in [0.25, 0.3) is 98.4 Å². The van der Waals surface area contributed by atoms with E-state index >= 15 is 0 Å². The minimum Gasteiger partial charge on any atom is -0.453 e. The summed E-state index contributed by atoms with van der Waals surface area (Å²) in [6.07, 6.45) is 12.3. The van der Waals surface area contributed by atoms with E-state index in [2.05, 4.69) is 258 Å². The van der Waals surface area contributed by atoms with Crippen molar-refractivity contribution < 1.29 is 8.83 Å². The van der Waals surface area contributed by atoms with Crippen LogP contribution in [0.2, 0.25) is 0 Å². The van der Waals surface area contributed by atoms with E-state index < -0.39 is 0 Å². The van der Waals surface area contributed by atoms with E-state index in [0.29, 0.717) is 23.7 Å². The highest BCUT2D eigenvalue weighted by Gasteiger charge is 2.32. The molecule has 0 unspecified atom stereocenters. The van der Waals surface area contributed by atoms with Gasteiger partial charge in [-0.25, -0.2) is 0 Å². The highest BCUT2D eigenvalue weighted by Crippen LogP contribution is 2.55. The topological polar surface area (TPSA) is 32.8 Å². The van der Waals surface area contributed by atoms with Gasteiger partial charge >= 0.3 is 0 Å². The van der Waals surface area contributed by atoms with Crippen molar-refractivity contribution >= 4 is 110 Å². The summed E-state index contributed by atoms with van der Waals surface area (Å²) in [5.41, 5.74) is 23.0. The van der Waals surface area contributed by atoms with Crippen LogP contribution in [-0.4, -0.2) is 0 Å². The third-order valence-electron chi connectivity index (χ3n) is 20.3. The first-order valence-electron chi connectivity index (χ1n) is 32.8. The molecule has 2 fully saturated rings. The molecule has 0 N–H and O–H groups in total. The summed E-state index contributed by atoms with van der Waals surface area (Å²) < 4.78 is 15.0. The second-order valence-corrected chi connectivity index (χ2v) is 26.4. The third-order valence-corrected chi connectivity index (χ3v) is 20.3. The Bertz CT molecular complexity index is 4650. The number of fused-ring (bicyclic) bond motifs is 6. The third kappa shape index (κ3) is 8.91. The van der Waals surface area contributed by atoms with Crippen LogP contribution in [0.5, 0.6) is 0 Å². The van der Waals surface area contributed by atoms with Crippen molar-refractivity contribution in [1.82, 2.24) is 0 Å². The zero-order valence-electron chi connectivity index (χ0n) is 51.7. The molecule has 14 aromatic rings. The molecular formula is C84H76N2O2. The molecule has 0 amide bonds. The molecule has 16 rings (SSSR count). The standard InChI is InChI=1S/C84H76N2O2/c1-51(2)59-25-13-15-27-61(59)65-29-17-31-67-69-33-19-35-75(83(69)87-81(65)67)85(57-41-37-53(5)38-42-57)77-49-73(55-21-9-7-10-22-55)63-46-48-72-78(50-74(56-23-11-8-12-24-56)64-45-47-71(77)79(63)80(64)72)86(58-43-39-54(6)40-44-58)76-36-20-34-70-68-32-18-30-66(82(68)88-84(70)76)62-28-16-14-26-60(62)52(3)4/h13-20,25-52,55-56H,7-12,21-24H2,1-6H3. The second-order valence-electron chi connectivity index (χ2n) is 26.4. The van der Waals surface area contributed by atoms with Crippen LogP contribution in [-0.2, 0) is 0 Å². The highest BCUT2D eigenvalue weighted by molar-refractivity contribution is 6.30. The van der Waals surface area contributed by atoms with Gasteiger partial charge in [0.2, 0.25) is 0 Å². The maximum Gasteiger partial charge on any atom is 0.159 e. The largest absolute Gasteiger partial charge is 0.453 e. The Morgan fingerprint density at radius 1 is 0.318 bits per heavy atom. The minimum atomic E-state index is 0.356. The average molecular weight is 1150 g/mol. The first kappa shape index (κ1) is 54.3. The molecule has 88 heavy (non-hydrogen) atoms. The molecule has 2 heterocycles. The van der Waals surface area contributed by atoms with Crippen LogP contribution < -0.4 is 9.80 Å². The average Bonchev–Trinajstić information content (AvgIpc) is 0.817. The van der Waals surface area contributed by atoms with E-state index in [1.54, 1.807) is 0 Å². The number of aryl methyl sites for hydroxylation is 2. The molecule has 2 saturated carbocycles. The Morgan fingerprint density at radius 3 is 1.07 bits per heavy atom. The Balaban J connectivity index is 0.996. The predicted molar refractivity (Wildman–Crippen MR) is 374 cm³/mol. The summed E-state index contributed by atoms with van der Waals surface area (Å²) in [5, 5.41) is 12.5. The molecule has 4 heteroatoms. The summed E-state index contributed by atoms with van der Waals surface area (Å²) in [7, 11) is 0. The lowest BCUT2D eigenvalue weighted by molar-refractivity contribution is 0.445. The van der Waals surface area contributed by atoms with Crippen LogP contribution >= 0.6 is 0 Å². The van der Waals surface area contributed by atoms with Crippen LogP contribution in [0.15, 0.2) is 215 Å². The lowest BCUT2D eigenvalue weighted by atomic mass is 9.77. The zero-order chi connectivity index (χ0) is 59.3. The van der Waals surface area contributed by atoms with Gasteiger partial charge in [0.05, 0.1) is 22.7 Å². The van der Waals surface area contributed by atoms with Crippen LogP contribution in [0.4, 0.5) is 34.1 Å². The molecular weight excluding hydrogens is 1070 g/mol. The molecule has 0 atom stereocenters. The van der Waals surface area contributed by atoms with Gasteiger partial charge in [-0.2, -0.15) is 0 Å². The van der Waals surface area contributed by atoms with Gasteiger partial charge in [-0.1, -0.05) is 235 Å².